The van der Waals surface area contributed by atoms with Crippen LogP contribution in [0.25, 0.3) is 0 Å². The van der Waals surface area contributed by atoms with Crippen molar-refractivity contribution in [3.63, 3.8) is 0 Å². The summed E-state index contributed by atoms with van der Waals surface area (Å²) in [5.74, 6) is 0.848. The summed E-state index contributed by atoms with van der Waals surface area (Å²) in [7, 11) is 0. The second-order valence-electron chi connectivity index (χ2n) is 5.94. The van der Waals surface area contributed by atoms with E-state index in [4.69, 9.17) is 10.6 Å². The number of piperidine rings is 1. The average Bonchev–Trinajstić information content (AvgIpc) is 2.54. The lowest BCUT2D eigenvalue weighted by Crippen LogP contribution is -2.35. The van der Waals surface area contributed by atoms with Crippen LogP contribution in [0.15, 0.2) is 17.5 Å². The quantitative estimate of drug-likeness (QED) is 0.487. The highest BCUT2D eigenvalue weighted by molar-refractivity contribution is 5.62. The zero-order chi connectivity index (χ0) is 17.6. The molecule has 2 N–H and O–H groups in total. The Labute approximate surface area is 138 Å². The molecule has 0 aliphatic carbocycles. The lowest BCUT2D eigenvalue weighted by molar-refractivity contribution is -0.138. The van der Waals surface area contributed by atoms with Gasteiger partial charge in [0.1, 0.15) is 6.61 Å². The van der Waals surface area contributed by atoms with Gasteiger partial charge in [-0.05, 0) is 32.1 Å². The molecule has 1 saturated heterocycles. The lowest BCUT2D eigenvalue weighted by atomic mass is 9.94. The van der Waals surface area contributed by atoms with Gasteiger partial charge >= 0.3 is 6.18 Å². The summed E-state index contributed by atoms with van der Waals surface area (Å²) in [6, 6.07) is -0.128. The van der Waals surface area contributed by atoms with Crippen LogP contribution < -0.4 is 10.6 Å². The number of hydrogen-bond acceptors (Lipinski definition) is 6. The number of nitrogens with zero attached hydrogens (tertiary/aromatic N) is 4. The van der Waals surface area contributed by atoms with Crippen LogP contribution in [0.4, 0.5) is 19.1 Å². The maximum absolute atomic E-state index is 12.5. The van der Waals surface area contributed by atoms with Crippen LogP contribution in [0.2, 0.25) is 0 Å². The third kappa shape index (κ3) is 5.63. The maximum Gasteiger partial charge on any atom is 0.419 e. The summed E-state index contributed by atoms with van der Waals surface area (Å²) in [5.41, 5.74) is 4.68. The summed E-state index contributed by atoms with van der Waals surface area (Å²) < 4.78 is 37.5. The van der Waals surface area contributed by atoms with Gasteiger partial charge in [-0.3, -0.25) is 0 Å². The Hall–Kier alpha value is -1.90. The normalized spacial score (nSPS) is 18.1. The van der Waals surface area contributed by atoms with E-state index in [1.54, 1.807) is 6.21 Å². The largest absolute Gasteiger partial charge is 0.419 e. The van der Waals surface area contributed by atoms with Gasteiger partial charge in [0.25, 0.3) is 0 Å². The zero-order valence-electron chi connectivity index (χ0n) is 13.5. The van der Waals surface area contributed by atoms with E-state index in [-0.39, 0.29) is 6.04 Å². The number of aromatic nitrogens is 2. The van der Waals surface area contributed by atoms with Crippen LogP contribution in [0.3, 0.4) is 0 Å². The molecular formula is C15H22F3N5O. The third-order valence-electron chi connectivity index (χ3n) is 3.85. The first kappa shape index (κ1) is 18.4. The molecule has 0 radical (unpaired) electrons. The third-order valence-corrected chi connectivity index (χ3v) is 3.85. The van der Waals surface area contributed by atoms with Crippen molar-refractivity contribution >= 4 is 12.2 Å². The molecule has 2 rings (SSSR count). The van der Waals surface area contributed by atoms with E-state index >= 15 is 0 Å². The molecule has 0 saturated carbocycles. The van der Waals surface area contributed by atoms with E-state index in [0.29, 0.717) is 18.5 Å². The molecule has 2 heterocycles. The molecule has 1 atom stereocenters. The molecule has 1 aromatic heterocycles. The molecule has 1 aliphatic heterocycles. The van der Waals surface area contributed by atoms with Crippen LogP contribution in [-0.2, 0) is 11.0 Å². The summed E-state index contributed by atoms with van der Waals surface area (Å²) in [6.07, 6.45) is 1.53. The molecule has 0 aromatic carbocycles. The van der Waals surface area contributed by atoms with Gasteiger partial charge in [0.2, 0.25) is 5.95 Å². The molecule has 134 valence electrons. The first-order chi connectivity index (χ1) is 11.4. The number of rotatable bonds is 6. The molecule has 6 nitrogen and oxygen atoms in total. The van der Waals surface area contributed by atoms with Crippen molar-refractivity contribution in [1.82, 2.24) is 9.97 Å². The Morgan fingerprint density at radius 2 is 2.00 bits per heavy atom. The fourth-order valence-electron chi connectivity index (χ4n) is 2.46. The van der Waals surface area contributed by atoms with Gasteiger partial charge in [-0.15, -0.1) is 0 Å². The van der Waals surface area contributed by atoms with Gasteiger partial charge in [-0.25, -0.2) is 9.97 Å². The summed E-state index contributed by atoms with van der Waals surface area (Å²) in [6.45, 7) is 3.79. The molecule has 9 heteroatoms. The zero-order valence-corrected chi connectivity index (χ0v) is 13.5. The maximum atomic E-state index is 12.5. The number of oxime groups is 1. The number of halogens is 3. The molecule has 0 bridgehead atoms. The van der Waals surface area contributed by atoms with Crippen molar-refractivity contribution in [1.29, 1.82) is 0 Å². The molecular weight excluding hydrogens is 323 g/mol. The van der Waals surface area contributed by atoms with E-state index in [1.807, 2.05) is 11.8 Å². The topological polar surface area (TPSA) is 76.6 Å². The Morgan fingerprint density at radius 1 is 1.38 bits per heavy atom. The highest BCUT2D eigenvalue weighted by Crippen LogP contribution is 2.29. The minimum atomic E-state index is -4.41. The van der Waals surface area contributed by atoms with Crippen LogP contribution in [-0.4, -0.2) is 41.9 Å². The van der Waals surface area contributed by atoms with Crippen molar-refractivity contribution in [2.45, 2.75) is 38.4 Å². The molecule has 1 fully saturated rings. The van der Waals surface area contributed by atoms with Crippen molar-refractivity contribution < 1.29 is 18.0 Å². The second-order valence-corrected chi connectivity index (χ2v) is 5.94. The number of alkyl halides is 3. The Bertz CT molecular complexity index is 525. The highest BCUT2D eigenvalue weighted by Gasteiger charge is 2.31. The van der Waals surface area contributed by atoms with Crippen molar-refractivity contribution in [3.8, 4) is 0 Å². The number of hydrogen-bond donors (Lipinski definition) is 1. The van der Waals surface area contributed by atoms with Gasteiger partial charge in [0.05, 0.1) is 11.8 Å². The average molecular weight is 345 g/mol. The van der Waals surface area contributed by atoms with Crippen molar-refractivity contribution in [2.24, 2.45) is 16.8 Å². The van der Waals surface area contributed by atoms with Crippen LogP contribution in [0.1, 0.15) is 31.7 Å². The van der Waals surface area contributed by atoms with E-state index in [1.165, 1.54) is 0 Å². The standard InChI is InChI=1S/C15H22F3N5O/c1-11(19)8-22-24-7-4-12-2-5-23(6-3-12)14-20-9-13(10-21-14)15(16,17)18/h8-12H,2-7,19H2,1H3. The molecule has 24 heavy (non-hydrogen) atoms. The molecule has 0 spiro atoms. The van der Waals surface area contributed by atoms with Gasteiger partial charge in [-0.2, -0.15) is 13.2 Å². The molecule has 1 aliphatic rings. The van der Waals surface area contributed by atoms with E-state index in [2.05, 4.69) is 15.1 Å². The summed E-state index contributed by atoms with van der Waals surface area (Å²) >= 11 is 0. The van der Waals surface area contributed by atoms with Crippen LogP contribution in [0.5, 0.6) is 0 Å². The van der Waals surface area contributed by atoms with Crippen molar-refractivity contribution in [2.75, 3.05) is 24.6 Å². The second kappa shape index (κ2) is 8.27. The van der Waals surface area contributed by atoms with Crippen LogP contribution in [0, 0.1) is 5.92 Å². The van der Waals surface area contributed by atoms with Crippen molar-refractivity contribution in [3.05, 3.63) is 18.0 Å². The first-order valence-corrected chi connectivity index (χ1v) is 7.91. The summed E-state index contributed by atoms with van der Waals surface area (Å²) in [5, 5.41) is 3.77. The van der Waals surface area contributed by atoms with Crippen LogP contribution >= 0.6 is 0 Å². The Kier molecular flexibility index (Phi) is 6.36. The fourth-order valence-corrected chi connectivity index (χ4v) is 2.46. The first-order valence-electron chi connectivity index (χ1n) is 7.91. The SMILES string of the molecule is CC(N)C=NOCCC1CCN(c2ncc(C(F)(F)F)cn2)CC1. The molecule has 1 aromatic rings. The predicted molar refractivity (Wildman–Crippen MR) is 84.7 cm³/mol. The minimum absolute atomic E-state index is 0.128. The van der Waals surface area contributed by atoms with Gasteiger partial charge in [-0.1, -0.05) is 5.16 Å². The monoisotopic (exact) mass is 345 g/mol. The van der Waals surface area contributed by atoms with E-state index in [0.717, 1.165) is 44.7 Å². The van der Waals surface area contributed by atoms with Gasteiger partial charge in [0.15, 0.2) is 0 Å². The van der Waals surface area contributed by atoms with E-state index in [9.17, 15) is 13.2 Å². The van der Waals surface area contributed by atoms with E-state index < -0.39 is 11.7 Å². The highest BCUT2D eigenvalue weighted by atomic mass is 19.4. The number of anilines is 1. The Morgan fingerprint density at radius 3 is 2.54 bits per heavy atom. The smallest absolute Gasteiger partial charge is 0.396 e. The Balaban J connectivity index is 1.74. The molecule has 1 unspecified atom stereocenters. The minimum Gasteiger partial charge on any atom is -0.396 e. The predicted octanol–water partition coefficient (Wildman–Crippen LogP) is 2.45. The lowest BCUT2D eigenvalue weighted by Gasteiger charge is -2.31. The van der Waals surface area contributed by atoms with Gasteiger partial charge in [0, 0.05) is 31.5 Å². The number of nitrogens with two attached hydrogens (primary N) is 1. The summed E-state index contributed by atoms with van der Waals surface area (Å²) in [4.78, 5) is 14.7. The van der Waals surface area contributed by atoms with Gasteiger partial charge < -0.3 is 15.5 Å². The molecule has 0 amide bonds. The fraction of sp³-hybridized carbons (Fsp3) is 0.667.